The summed E-state index contributed by atoms with van der Waals surface area (Å²) >= 11 is 5.93. The van der Waals surface area contributed by atoms with Gasteiger partial charge in [0.25, 0.3) is 0 Å². The highest BCUT2D eigenvalue weighted by atomic mass is 35.5. The first kappa shape index (κ1) is 17.5. The van der Waals surface area contributed by atoms with Crippen LogP contribution in [0, 0.1) is 11.3 Å². The average Bonchev–Trinajstić information content (AvgIpc) is 2.55. The fourth-order valence-corrected chi connectivity index (χ4v) is 2.59. The van der Waals surface area contributed by atoms with Gasteiger partial charge in [-0.2, -0.15) is 5.26 Å². The Hall–Kier alpha value is -2.84. The molecule has 0 aliphatic rings. The van der Waals surface area contributed by atoms with Gasteiger partial charge in [-0.1, -0.05) is 41.9 Å². The Morgan fingerprint density at radius 3 is 2.46 bits per heavy atom. The summed E-state index contributed by atoms with van der Waals surface area (Å²) in [7, 11) is 0. The molecule has 0 heterocycles. The number of anilines is 1. The zero-order chi connectivity index (χ0) is 17.5. The third-order valence-corrected chi connectivity index (χ3v) is 3.81. The summed E-state index contributed by atoms with van der Waals surface area (Å²) in [5.74, 6) is -1.69. The van der Waals surface area contributed by atoms with Crippen molar-refractivity contribution in [2.75, 3.05) is 5.32 Å². The van der Waals surface area contributed by atoms with Crippen molar-refractivity contribution < 1.29 is 14.7 Å². The predicted molar refractivity (Wildman–Crippen MR) is 90.8 cm³/mol. The SMILES string of the molecule is N#Cc1ccc(NC(=O)C[C@@H](CC(=O)O)c2ccccc2)cc1Cl. The average molecular weight is 343 g/mol. The van der Waals surface area contributed by atoms with Crippen molar-refractivity contribution in [2.45, 2.75) is 18.8 Å². The molecule has 0 aliphatic carbocycles. The van der Waals surface area contributed by atoms with Crippen molar-refractivity contribution in [3.8, 4) is 6.07 Å². The minimum absolute atomic E-state index is 0.0356. The molecule has 2 aromatic rings. The van der Waals surface area contributed by atoms with Crippen LogP contribution < -0.4 is 5.32 Å². The number of carbonyl (C=O) groups is 2. The Morgan fingerprint density at radius 1 is 1.17 bits per heavy atom. The molecule has 0 aliphatic heterocycles. The van der Waals surface area contributed by atoms with Crippen molar-refractivity contribution in [1.29, 1.82) is 5.26 Å². The summed E-state index contributed by atoms with van der Waals surface area (Å²) in [6.45, 7) is 0. The van der Waals surface area contributed by atoms with Gasteiger partial charge in [0.15, 0.2) is 0 Å². The number of carboxylic acid groups (broad SMARTS) is 1. The number of carboxylic acids is 1. The second-order valence-corrected chi connectivity index (χ2v) is 5.67. The van der Waals surface area contributed by atoms with Gasteiger partial charge in [-0.3, -0.25) is 9.59 Å². The van der Waals surface area contributed by atoms with E-state index in [2.05, 4.69) is 5.32 Å². The quantitative estimate of drug-likeness (QED) is 0.835. The molecule has 0 fully saturated rings. The van der Waals surface area contributed by atoms with E-state index < -0.39 is 11.9 Å². The van der Waals surface area contributed by atoms with Gasteiger partial charge >= 0.3 is 5.97 Å². The van der Waals surface area contributed by atoms with Crippen LogP contribution in [-0.4, -0.2) is 17.0 Å². The Bertz CT molecular complexity index is 785. The highest BCUT2D eigenvalue weighted by Crippen LogP contribution is 2.25. The monoisotopic (exact) mass is 342 g/mol. The first-order valence-electron chi connectivity index (χ1n) is 7.26. The van der Waals surface area contributed by atoms with Gasteiger partial charge in [0.2, 0.25) is 5.91 Å². The van der Waals surface area contributed by atoms with Gasteiger partial charge in [0, 0.05) is 18.0 Å². The molecule has 0 aromatic heterocycles. The number of amides is 1. The number of nitrogens with one attached hydrogen (secondary N) is 1. The molecule has 0 bridgehead atoms. The summed E-state index contributed by atoms with van der Waals surface area (Å²) in [6, 6.07) is 15.6. The standard InChI is InChI=1S/C18H15ClN2O3/c19-16-10-15(7-6-13(16)11-20)21-17(22)8-14(9-18(23)24)12-4-2-1-3-5-12/h1-7,10,14H,8-9H2,(H,21,22)(H,23,24)/t14-/m0/s1. The number of benzene rings is 2. The van der Waals surface area contributed by atoms with E-state index in [1.54, 1.807) is 18.2 Å². The third-order valence-electron chi connectivity index (χ3n) is 3.50. The summed E-state index contributed by atoms with van der Waals surface area (Å²) < 4.78 is 0. The molecule has 0 radical (unpaired) electrons. The maximum Gasteiger partial charge on any atom is 0.303 e. The Labute approximate surface area is 144 Å². The molecule has 2 rings (SSSR count). The number of hydrogen-bond acceptors (Lipinski definition) is 3. The Kier molecular flexibility index (Phi) is 5.94. The molecule has 24 heavy (non-hydrogen) atoms. The molecule has 2 aromatic carbocycles. The topological polar surface area (TPSA) is 90.2 Å². The van der Waals surface area contributed by atoms with Crippen LogP contribution in [0.1, 0.15) is 29.9 Å². The maximum absolute atomic E-state index is 12.2. The minimum atomic E-state index is -0.960. The molecule has 0 saturated heterocycles. The van der Waals surface area contributed by atoms with Crippen molar-refractivity contribution in [3.63, 3.8) is 0 Å². The summed E-state index contributed by atoms with van der Waals surface area (Å²) in [5.41, 5.74) is 1.58. The van der Waals surface area contributed by atoms with Gasteiger partial charge in [0.05, 0.1) is 17.0 Å². The number of aliphatic carboxylic acids is 1. The Balaban J connectivity index is 2.09. The first-order valence-corrected chi connectivity index (χ1v) is 7.63. The number of nitrogens with zero attached hydrogens (tertiary/aromatic N) is 1. The minimum Gasteiger partial charge on any atom is -0.481 e. The molecule has 6 heteroatoms. The molecular weight excluding hydrogens is 328 g/mol. The van der Waals surface area contributed by atoms with E-state index in [1.165, 1.54) is 12.1 Å². The van der Waals surface area contributed by atoms with E-state index in [4.69, 9.17) is 22.0 Å². The molecule has 0 saturated carbocycles. The van der Waals surface area contributed by atoms with Crippen LogP contribution in [-0.2, 0) is 9.59 Å². The molecule has 5 nitrogen and oxygen atoms in total. The lowest BCUT2D eigenvalue weighted by atomic mass is 9.92. The van der Waals surface area contributed by atoms with Crippen LogP contribution in [0.3, 0.4) is 0 Å². The highest BCUT2D eigenvalue weighted by Gasteiger charge is 2.19. The van der Waals surface area contributed by atoms with Gasteiger partial charge < -0.3 is 10.4 Å². The third kappa shape index (κ3) is 4.83. The van der Waals surface area contributed by atoms with E-state index in [0.29, 0.717) is 11.3 Å². The zero-order valence-electron chi connectivity index (χ0n) is 12.7. The highest BCUT2D eigenvalue weighted by molar-refractivity contribution is 6.32. The lowest BCUT2D eigenvalue weighted by Gasteiger charge is -2.15. The number of carbonyl (C=O) groups excluding carboxylic acids is 1. The lowest BCUT2D eigenvalue weighted by molar-refractivity contribution is -0.137. The van der Waals surface area contributed by atoms with Gasteiger partial charge in [-0.05, 0) is 23.8 Å². The Morgan fingerprint density at radius 2 is 1.88 bits per heavy atom. The molecule has 122 valence electrons. The first-order chi connectivity index (χ1) is 11.5. The van der Waals surface area contributed by atoms with Crippen LogP contribution in [0.4, 0.5) is 5.69 Å². The fraction of sp³-hybridized carbons (Fsp3) is 0.167. The number of halogens is 1. The van der Waals surface area contributed by atoms with E-state index in [0.717, 1.165) is 5.56 Å². The van der Waals surface area contributed by atoms with Crippen LogP contribution in [0.25, 0.3) is 0 Å². The molecule has 0 spiro atoms. The van der Waals surface area contributed by atoms with Crippen molar-refractivity contribution in [2.24, 2.45) is 0 Å². The molecule has 0 unspecified atom stereocenters. The van der Waals surface area contributed by atoms with Crippen LogP contribution in [0.2, 0.25) is 5.02 Å². The molecule has 1 amide bonds. The van der Waals surface area contributed by atoms with Crippen molar-refractivity contribution in [1.82, 2.24) is 0 Å². The van der Waals surface area contributed by atoms with E-state index in [9.17, 15) is 9.59 Å². The normalized spacial score (nSPS) is 11.3. The lowest BCUT2D eigenvalue weighted by Crippen LogP contribution is -2.17. The number of hydrogen-bond donors (Lipinski definition) is 2. The van der Waals surface area contributed by atoms with Gasteiger partial charge in [-0.15, -0.1) is 0 Å². The van der Waals surface area contributed by atoms with Crippen molar-refractivity contribution >= 4 is 29.2 Å². The van der Waals surface area contributed by atoms with Crippen molar-refractivity contribution in [3.05, 3.63) is 64.7 Å². The maximum atomic E-state index is 12.2. The van der Waals surface area contributed by atoms with E-state index >= 15 is 0 Å². The summed E-state index contributed by atoms with van der Waals surface area (Å²) in [4.78, 5) is 23.3. The van der Waals surface area contributed by atoms with Crippen LogP contribution in [0.15, 0.2) is 48.5 Å². The fourth-order valence-electron chi connectivity index (χ4n) is 2.36. The van der Waals surface area contributed by atoms with Crippen LogP contribution >= 0.6 is 11.6 Å². The van der Waals surface area contributed by atoms with E-state index in [-0.39, 0.29) is 23.8 Å². The summed E-state index contributed by atoms with van der Waals surface area (Å²) in [5, 5.41) is 20.8. The van der Waals surface area contributed by atoms with Gasteiger partial charge in [-0.25, -0.2) is 0 Å². The second kappa shape index (κ2) is 8.14. The number of rotatable bonds is 6. The molecular formula is C18H15ClN2O3. The second-order valence-electron chi connectivity index (χ2n) is 5.26. The summed E-state index contributed by atoms with van der Waals surface area (Å²) in [6.07, 6.45) is -0.0977. The van der Waals surface area contributed by atoms with Gasteiger partial charge in [0.1, 0.15) is 6.07 Å². The zero-order valence-corrected chi connectivity index (χ0v) is 13.5. The molecule has 2 N–H and O–H groups in total. The van der Waals surface area contributed by atoms with Crippen LogP contribution in [0.5, 0.6) is 0 Å². The predicted octanol–water partition coefficient (Wildman–Crippen LogP) is 3.80. The smallest absolute Gasteiger partial charge is 0.303 e. The molecule has 1 atom stereocenters. The van der Waals surface area contributed by atoms with E-state index in [1.807, 2.05) is 24.3 Å². The number of nitriles is 1. The largest absolute Gasteiger partial charge is 0.481 e.